The molecule has 4 nitrogen and oxygen atoms in total. The average molecular weight is 341 g/mol. The number of piperidine rings is 1. The fraction of sp³-hybridized carbons (Fsp3) is 0.571. The van der Waals surface area contributed by atoms with E-state index in [-0.39, 0.29) is 11.1 Å². The van der Waals surface area contributed by atoms with E-state index in [9.17, 15) is 0 Å². The lowest BCUT2D eigenvalue weighted by atomic mass is 9.79. The first-order valence-electron chi connectivity index (χ1n) is 9.28. The number of aromatic nitrogens is 2. The van der Waals surface area contributed by atoms with E-state index in [1.165, 1.54) is 5.56 Å². The normalized spacial score (nSPS) is 20.1. The lowest BCUT2D eigenvalue weighted by Gasteiger charge is -2.49. The van der Waals surface area contributed by atoms with E-state index in [0.717, 1.165) is 31.8 Å². The molecule has 1 aliphatic rings. The minimum atomic E-state index is 0.142. The van der Waals surface area contributed by atoms with Crippen molar-refractivity contribution >= 4 is 0 Å². The van der Waals surface area contributed by atoms with Gasteiger partial charge in [-0.15, -0.1) is 0 Å². The van der Waals surface area contributed by atoms with Gasteiger partial charge in [-0.05, 0) is 46.1 Å². The second-order valence-electron chi connectivity index (χ2n) is 8.80. The van der Waals surface area contributed by atoms with Crippen LogP contribution in [0.5, 0.6) is 0 Å². The number of benzene rings is 1. The van der Waals surface area contributed by atoms with E-state index >= 15 is 0 Å². The van der Waals surface area contributed by atoms with E-state index in [4.69, 9.17) is 0 Å². The number of aryl methyl sites for hydroxylation is 1. The van der Waals surface area contributed by atoms with Crippen LogP contribution in [0, 0.1) is 0 Å². The van der Waals surface area contributed by atoms with Gasteiger partial charge >= 0.3 is 0 Å². The predicted octanol–water partition coefficient (Wildman–Crippen LogP) is 3.73. The molecule has 1 aromatic carbocycles. The van der Waals surface area contributed by atoms with Gasteiger partial charge in [0.1, 0.15) is 5.82 Å². The molecule has 1 saturated heterocycles. The molecule has 2 aromatic rings. The molecule has 0 spiro atoms. The van der Waals surface area contributed by atoms with Crippen molar-refractivity contribution < 1.29 is 0 Å². The third kappa shape index (κ3) is 4.71. The zero-order valence-corrected chi connectivity index (χ0v) is 16.3. The van der Waals surface area contributed by atoms with E-state index in [1.807, 2.05) is 12.4 Å². The molecule has 2 heterocycles. The van der Waals surface area contributed by atoms with E-state index < -0.39 is 0 Å². The van der Waals surface area contributed by atoms with Crippen LogP contribution in [0.4, 0.5) is 0 Å². The van der Waals surface area contributed by atoms with Gasteiger partial charge in [0.05, 0.1) is 6.54 Å². The summed E-state index contributed by atoms with van der Waals surface area (Å²) in [6.07, 6.45) is 6.22. The van der Waals surface area contributed by atoms with Crippen LogP contribution < -0.4 is 5.32 Å². The van der Waals surface area contributed by atoms with Crippen LogP contribution >= 0.6 is 0 Å². The zero-order chi connectivity index (χ0) is 18.1. The van der Waals surface area contributed by atoms with Crippen molar-refractivity contribution in [1.82, 2.24) is 19.8 Å². The summed E-state index contributed by atoms with van der Waals surface area (Å²) in [5, 5.41) is 3.80. The Labute approximate surface area is 152 Å². The molecular weight excluding hydrogens is 308 g/mol. The molecule has 3 rings (SSSR count). The number of nitrogens with zero attached hydrogens (tertiary/aromatic N) is 3. The van der Waals surface area contributed by atoms with Crippen LogP contribution in [-0.2, 0) is 20.1 Å². The van der Waals surface area contributed by atoms with Gasteiger partial charge in [-0.3, -0.25) is 4.90 Å². The Morgan fingerprint density at radius 1 is 1.08 bits per heavy atom. The van der Waals surface area contributed by atoms with Crippen LogP contribution in [0.2, 0.25) is 0 Å². The van der Waals surface area contributed by atoms with Crippen LogP contribution in [0.15, 0.2) is 42.7 Å². The Balaban J connectivity index is 1.86. The summed E-state index contributed by atoms with van der Waals surface area (Å²) in [6.45, 7) is 11.1. The number of hydrogen-bond donors (Lipinski definition) is 1. The quantitative estimate of drug-likeness (QED) is 0.900. The van der Waals surface area contributed by atoms with E-state index in [1.54, 1.807) is 0 Å². The van der Waals surface area contributed by atoms with Gasteiger partial charge in [0, 0.05) is 43.1 Å². The number of rotatable bonds is 5. The minimum absolute atomic E-state index is 0.142. The van der Waals surface area contributed by atoms with Crippen molar-refractivity contribution in [1.29, 1.82) is 0 Å². The molecule has 0 radical (unpaired) electrons. The van der Waals surface area contributed by atoms with Crippen LogP contribution in [0.1, 0.15) is 51.9 Å². The first-order chi connectivity index (χ1) is 11.7. The lowest BCUT2D eigenvalue weighted by molar-refractivity contribution is 0.0543. The molecule has 25 heavy (non-hydrogen) atoms. The summed E-state index contributed by atoms with van der Waals surface area (Å²) in [4.78, 5) is 7.18. The van der Waals surface area contributed by atoms with Crippen LogP contribution in [0.3, 0.4) is 0 Å². The average Bonchev–Trinajstić information content (AvgIpc) is 2.90. The monoisotopic (exact) mass is 340 g/mol. The fourth-order valence-corrected chi connectivity index (χ4v) is 4.39. The van der Waals surface area contributed by atoms with Crippen molar-refractivity contribution in [2.24, 2.45) is 7.05 Å². The molecule has 1 aliphatic heterocycles. The van der Waals surface area contributed by atoms with Gasteiger partial charge in [-0.2, -0.15) is 0 Å². The maximum Gasteiger partial charge on any atom is 0.122 e. The second-order valence-corrected chi connectivity index (χ2v) is 8.80. The maximum absolute atomic E-state index is 4.57. The molecule has 0 bridgehead atoms. The Kier molecular flexibility index (Phi) is 5.03. The van der Waals surface area contributed by atoms with Gasteiger partial charge in [-0.1, -0.05) is 30.3 Å². The Morgan fingerprint density at radius 3 is 2.28 bits per heavy atom. The molecule has 0 unspecified atom stereocenters. The largest absolute Gasteiger partial charge is 0.337 e. The highest BCUT2D eigenvalue weighted by Crippen LogP contribution is 2.33. The standard InChI is InChI=1S/C21H32N4/c1-20(2)13-18(14-21(3,4)23-20)25(15-17-9-7-6-8-10-17)16-19-22-11-12-24(19)5/h6-12,18,23H,13-16H2,1-5H3. The topological polar surface area (TPSA) is 33.1 Å². The number of imidazole rings is 1. The molecule has 1 fully saturated rings. The summed E-state index contributed by atoms with van der Waals surface area (Å²) in [5.74, 6) is 1.13. The highest BCUT2D eigenvalue weighted by molar-refractivity contribution is 5.15. The summed E-state index contributed by atoms with van der Waals surface area (Å²) in [5.41, 5.74) is 1.65. The van der Waals surface area contributed by atoms with E-state index in [2.05, 4.69) is 84.8 Å². The highest BCUT2D eigenvalue weighted by Gasteiger charge is 2.40. The van der Waals surface area contributed by atoms with Crippen LogP contribution in [0.25, 0.3) is 0 Å². The first-order valence-corrected chi connectivity index (χ1v) is 9.28. The zero-order valence-electron chi connectivity index (χ0n) is 16.3. The third-order valence-corrected chi connectivity index (χ3v) is 5.18. The molecule has 0 saturated carbocycles. The first kappa shape index (κ1) is 18.2. The summed E-state index contributed by atoms with van der Waals surface area (Å²) >= 11 is 0. The maximum atomic E-state index is 4.57. The van der Waals surface area contributed by atoms with Gasteiger partial charge in [-0.25, -0.2) is 4.98 Å². The molecular formula is C21H32N4. The molecule has 0 amide bonds. The molecule has 0 atom stereocenters. The third-order valence-electron chi connectivity index (χ3n) is 5.18. The van der Waals surface area contributed by atoms with Gasteiger partial charge in [0.15, 0.2) is 0 Å². The van der Waals surface area contributed by atoms with Crippen molar-refractivity contribution in [3.63, 3.8) is 0 Å². The molecule has 4 heteroatoms. The minimum Gasteiger partial charge on any atom is -0.337 e. The van der Waals surface area contributed by atoms with Crippen molar-refractivity contribution in [2.45, 2.75) is 70.7 Å². The molecule has 0 aliphatic carbocycles. The van der Waals surface area contributed by atoms with E-state index in [0.29, 0.717) is 6.04 Å². The van der Waals surface area contributed by atoms with Crippen LogP contribution in [-0.4, -0.2) is 31.6 Å². The van der Waals surface area contributed by atoms with Crippen molar-refractivity contribution in [3.05, 3.63) is 54.1 Å². The smallest absolute Gasteiger partial charge is 0.122 e. The van der Waals surface area contributed by atoms with Crippen molar-refractivity contribution in [2.75, 3.05) is 0 Å². The Morgan fingerprint density at radius 2 is 1.72 bits per heavy atom. The lowest BCUT2D eigenvalue weighted by Crippen LogP contribution is -2.62. The summed E-state index contributed by atoms with van der Waals surface area (Å²) in [6, 6.07) is 11.3. The SMILES string of the molecule is Cn1ccnc1CN(Cc1ccccc1)C1CC(C)(C)NC(C)(C)C1. The Bertz CT molecular complexity index is 671. The van der Waals surface area contributed by atoms with Gasteiger partial charge in [0.25, 0.3) is 0 Å². The fourth-order valence-electron chi connectivity index (χ4n) is 4.39. The summed E-state index contributed by atoms with van der Waals surface area (Å²) < 4.78 is 2.13. The predicted molar refractivity (Wildman–Crippen MR) is 103 cm³/mol. The Hall–Kier alpha value is -1.65. The molecule has 1 N–H and O–H groups in total. The van der Waals surface area contributed by atoms with Crippen molar-refractivity contribution in [3.8, 4) is 0 Å². The summed E-state index contributed by atoms with van der Waals surface area (Å²) in [7, 11) is 2.08. The highest BCUT2D eigenvalue weighted by atomic mass is 15.2. The molecule has 136 valence electrons. The van der Waals surface area contributed by atoms with Gasteiger partial charge < -0.3 is 9.88 Å². The second kappa shape index (κ2) is 6.93. The number of hydrogen-bond acceptors (Lipinski definition) is 3. The number of nitrogens with one attached hydrogen (secondary N) is 1. The molecule has 1 aromatic heterocycles. The van der Waals surface area contributed by atoms with Gasteiger partial charge in [0.2, 0.25) is 0 Å².